The minimum atomic E-state index is 0.303. The predicted molar refractivity (Wildman–Crippen MR) is 92.2 cm³/mol. The van der Waals surface area contributed by atoms with Gasteiger partial charge in [-0.05, 0) is 23.8 Å². The number of hydrogen-bond acceptors (Lipinski definition) is 1. The lowest BCUT2D eigenvalue weighted by molar-refractivity contribution is 0.364. The molecule has 0 radical (unpaired) electrons. The van der Waals surface area contributed by atoms with Crippen LogP contribution in [0.1, 0.15) is 84.1 Å². The normalized spacial score (nSPS) is 14.1. The smallest absolute Gasteiger partial charge is 0.193 e. The molecule has 1 atom stereocenters. The van der Waals surface area contributed by atoms with Crippen LogP contribution in [0.15, 0.2) is 12.3 Å². The number of rotatable bonds is 11. The SMILES string of the molecule is CCCCCCC(C)(CCCCC)c1cc(OC)n(C)c1. The largest absolute Gasteiger partial charge is 0.482 e. The van der Waals surface area contributed by atoms with Crippen molar-refractivity contribution in [2.24, 2.45) is 7.05 Å². The van der Waals surface area contributed by atoms with Crippen molar-refractivity contribution < 1.29 is 4.74 Å². The lowest BCUT2D eigenvalue weighted by atomic mass is 9.75. The predicted octanol–water partition coefficient (Wildman–Crippen LogP) is 5.84. The molecule has 122 valence electrons. The lowest BCUT2D eigenvalue weighted by Gasteiger charge is -2.29. The van der Waals surface area contributed by atoms with E-state index in [4.69, 9.17) is 4.74 Å². The van der Waals surface area contributed by atoms with Crippen molar-refractivity contribution in [2.45, 2.75) is 84.0 Å². The molecule has 1 aromatic rings. The molecule has 1 aromatic heterocycles. The van der Waals surface area contributed by atoms with Gasteiger partial charge in [0.1, 0.15) is 0 Å². The van der Waals surface area contributed by atoms with Gasteiger partial charge in [0.2, 0.25) is 0 Å². The summed E-state index contributed by atoms with van der Waals surface area (Å²) < 4.78 is 7.56. The molecule has 0 aromatic carbocycles. The number of methoxy groups -OCH3 is 1. The van der Waals surface area contributed by atoms with Gasteiger partial charge in [0, 0.05) is 19.3 Å². The van der Waals surface area contributed by atoms with E-state index in [2.05, 4.69) is 44.6 Å². The van der Waals surface area contributed by atoms with Crippen LogP contribution >= 0.6 is 0 Å². The fourth-order valence-electron chi connectivity index (χ4n) is 3.20. The summed E-state index contributed by atoms with van der Waals surface area (Å²) in [5, 5.41) is 0. The Bertz CT molecular complexity index is 396. The number of ether oxygens (including phenoxy) is 1. The number of hydrogen-bond donors (Lipinski definition) is 0. The Kier molecular flexibility index (Phi) is 7.92. The summed E-state index contributed by atoms with van der Waals surface area (Å²) in [6.07, 6.45) is 14.2. The molecular weight excluding hydrogens is 258 g/mol. The average Bonchev–Trinajstić information content (AvgIpc) is 2.86. The minimum absolute atomic E-state index is 0.303. The first-order chi connectivity index (χ1) is 10.1. The Hall–Kier alpha value is -0.920. The monoisotopic (exact) mass is 293 g/mol. The number of unbranched alkanes of at least 4 members (excludes halogenated alkanes) is 5. The molecule has 0 saturated carbocycles. The Labute approximate surface area is 131 Å². The van der Waals surface area contributed by atoms with Crippen molar-refractivity contribution in [3.63, 3.8) is 0 Å². The minimum Gasteiger partial charge on any atom is -0.482 e. The second-order valence-corrected chi connectivity index (χ2v) is 6.71. The van der Waals surface area contributed by atoms with E-state index in [9.17, 15) is 0 Å². The van der Waals surface area contributed by atoms with Crippen LogP contribution in [0, 0.1) is 0 Å². The highest BCUT2D eigenvalue weighted by Gasteiger charge is 2.27. The number of nitrogens with zero attached hydrogens (tertiary/aromatic N) is 1. The molecule has 0 N–H and O–H groups in total. The summed E-state index contributed by atoms with van der Waals surface area (Å²) in [7, 11) is 3.83. The number of aromatic nitrogens is 1. The molecule has 0 bridgehead atoms. The second kappa shape index (κ2) is 9.17. The molecule has 0 aliphatic heterocycles. The maximum absolute atomic E-state index is 5.45. The van der Waals surface area contributed by atoms with Crippen LogP contribution in [-0.2, 0) is 12.5 Å². The molecule has 1 unspecified atom stereocenters. The molecule has 0 amide bonds. The quantitative estimate of drug-likeness (QED) is 0.467. The summed E-state index contributed by atoms with van der Waals surface area (Å²) in [5.74, 6) is 0.972. The highest BCUT2D eigenvalue weighted by atomic mass is 16.5. The third-order valence-electron chi connectivity index (χ3n) is 4.78. The van der Waals surface area contributed by atoms with Crippen LogP contribution in [-0.4, -0.2) is 11.7 Å². The van der Waals surface area contributed by atoms with E-state index in [-0.39, 0.29) is 0 Å². The fourth-order valence-corrected chi connectivity index (χ4v) is 3.20. The van der Waals surface area contributed by atoms with Gasteiger partial charge >= 0.3 is 0 Å². The molecule has 0 saturated heterocycles. The molecule has 0 fully saturated rings. The van der Waals surface area contributed by atoms with Crippen LogP contribution in [0.2, 0.25) is 0 Å². The van der Waals surface area contributed by atoms with Gasteiger partial charge in [0.05, 0.1) is 7.11 Å². The third kappa shape index (κ3) is 5.41. The zero-order valence-electron chi connectivity index (χ0n) is 14.9. The molecule has 2 nitrogen and oxygen atoms in total. The molecule has 1 rings (SSSR count). The van der Waals surface area contributed by atoms with E-state index in [1.54, 1.807) is 7.11 Å². The Morgan fingerprint density at radius 1 is 1.00 bits per heavy atom. The van der Waals surface area contributed by atoms with E-state index >= 15 is 0 Å². The first-order valence-corrected chi connectivity index (χ1v) is 8.78. The molecule has 0 aliphatic rings. The Balaban J connectivity index is 2.77. The zero-order valence-corrected chi connectivity index (χ0v) is 14.9. The highest BCUT2D eigenvalue weighted by Crippen LogP contribution is 2.37. The van der Waals surface area contributed by atoms with Gasteiger partial charge in [0.25, 0.3) is 0 Å². The summed E-state index contributed by atoms with van der Waals surface area (Å²) in [6, 6.07) is 2.24. The van der Waals surface area contributed by atoms with Gasteiger partial charge < -0.3 is 9.30 Å². The Morgan fingerprint density at radius 3 is 2.10 bits per heavy atom. The van der Waals surface area contributed by atoms with Crippen molar-refractivity contribution >= 4 is 0 Å². The molecule has 2 heteroatoms. The topological polar surface area (TPSA) is 14.2 Å². The fraction of sp³-hybridized carbons (Fsp3) is 0.789. The van der Waals surface area contributed by atoms with Gasteiger partial charge in [0.15, 0.2) is 5.88 Å². The summed E-state index contributed by atoms with van der Waals surface area (Å²) >= 11 is 0. The van der Waals surface area contributed by atoms with Gasteiger partial charge in [-0.2, -0.15) is 0 Å². The van der Waals surface area contributed by atoms with Crippen molar-refractivity contribution in [1.29, 1.82) is 0 Å². The summed E-state index contributed by atoms with van der Waals surface area (Å²) in [5.41, 5.74) is 1.76. The van der Waals surface area contributed by atoms with Crippen LogP contribution in [0.5, 0.6) is 5.88 Å². The Morgan fingerprint density at radius 2 is 1.57 bits per heavy atom. The van der Waals surface area contributed by atoms with Gasteiger partial charge in [-0.15, -0.1) is 0 Å². The second-order valence-electron chi connectivity index (χ2n) is 6.71. The molecule has 1 heterocycles. The first kappa shape index (κ1) is 18.1. The lowest BCUT2D eigenvalue weighted by Crippen LogP contribution is -2.21. The standard InChI is InChI=1S/C19H35NO/c1-6-8-10-12-14-19(3,13-11-9-7-2)17-15-18(21-5)20(4)16-17/h15-16H,6-14H2,1-5H3. The molecule has 0 aliphatic carbocycles. The highest BCUT2D eigenvalue weighted by molar-refractivity contribution is 5.30. The maximum Gasteiger partial charge on any atom is 0.193 e. The van der Waals surface area contributed by atoms with E-state index < -0.39 is 0 Å². The third-order valence-corrected chi connectivity index (χ3v) is 4.78. The van der Waals surface area contributed by atoms with Gasteiger partial charge in [-0.3, -0.25) is 0 Å². The van der Waals surface area contributed by atoms with E-state index in [0.29, 0.717) is 5.41 Å². The maximum atomic E-state index is 5.45. The summed E-state index contributed by atoms with van der Waals surface area (Å²) in [6.45, 7) is 7.01. The molecular formula is C19H35NO. The first-order valence-electron chi connectivity index (χ1n) is 8.78. The average molecular weight is 293 g/mol. The van der Waals surface area contributed by atoms with Crippen LogP contribution in [0.3, 0.4) is 0 Å². The van der Waals surface area contributed by atoms with Crippen molar-refractivity contribution in [1.82, 2.24) is 4.57 Å². The van der Waals surface area contributed by atoms with Gasteiger partial charge in [-0.1, -0.05) is 65.7 Å². The van der Waals surface area contributed by atoms with Crippen LogP contribution in [0.4, 0.5) is 0 Å². The van der Waals surface area contributed by atoms with Crippen molar-refractivity contribution in [2.75, 3.05) is 7.11 Å². The van der Waals surface area contributed by atoms with E-state index in [0.717, 1.165) is 5.88 Å². The zero-order chi connectivity index (χ0) is 15.7. The molecule has 0 spiro atoms. The van der Waals surface area contributed by atoms with E-state index in [1.165, 1.54) is 63.4 Å². The summed E-state index contributed by atoms with van der Waals surface area (Å²) in [4.78, 5) is 0. The van der Waals surface area contributed by atoms with Crippen molar-refractivity contribution in [3.8, 4) is 5.88 Å². The van der Waals surface area contributed by atoms with Crippen molar-refractivity contribution in [3.05, 3.63) is 17.8 Å². The van der Waals surface area contributed by atoms with Crippen LogP contribution in [0.25, 0.3) is 0 Å². The van der Waals surface area contributed by atoms with Gasteiger partial charge in [-0.25, -0.2) is 0 Å². The number of aryl methyl sites for hydroxylation is 1. The van der Waals surface area contributed by atoms with Crippen LogP contribution < -0.4 is 4.74 Å². The van der Waals surface area contributed by atoms with E-state index in [1.807, 2.05) is 0 Å². The molecule has 21 heavy (non-hydrogen) atoms.